The number of benzene rings is 1. The smallest absolute Gasteiger partial charge is 0.414 e. The Morgan fingerprint density at radius 1 is 1.30 bits per heavy atom. The lowest BCUT2D eigenvalue weighted by Gasteiger charge is -2.18. The molecule has 1 aromatic carbocycles. The number of rotatable bonds is 2. The molecule has 1 heterocycles. The van der Waals surface area contributed by atoms with Crippen LogP contribution in [0.25, 0.3) is 11.4 Å². The van der Waals surface area contributed by atoms with E-state index in [2.05, 4.69) is 14.7 Å². The van der Waals surface area contributed by atoms with E-state index in [9.17, 15) is 4.79 Å². The average molecular weight is 291 g/mol. The maximum Gasteiger partial charge on any atom is 0.414 e. The lowest BCUT2D eigenvalue weighted by molar-refractivity contribution is 0.0636. The summed E-state index contributed by atoms with van der Waals surface area (Å²) < 4.78 is 9.43. The van der Waals surface area contributed by atoms with Crippen LogP contribution in [0.1, 0.15) is 26.3 Å². The van der Waals surface area contributed by atoms with Crippen LogP contribution in [0, 0.1) is 6.92 Å². The molecule has 0 aliphatic rings. The topological polar surface area (TPSA) is 64.1 Å². The lowest BCUT2D eigenvalue weighted by atomic mass is 10.1. The normalized spacial score (nSPS) is 11.2. The number of hydrogen-bond donors (Lipinski definition) is 1. The SMILES string of the molecule is Cc1ccccc1-c1nsc(NC(=O)OC(C)(C)C)n1. The van der Waals surface area contributed by atoms with Crippen molar-refractivity contribution < 1.29 is 9.53 Å². The molecule has 0 saturated carbocycles. The highest BCUT2D eigenvalue weighted by atomic mass is 32.1. The van der Waals surface area contributed by atoms with Crippen molar-refractivity contribution >= 4 is 22.8 Å². The largest absolute Gasteiger partial charge is 0.444 e. The van der Waals surface area contributed by atoms with Crippen LogP contribution in [-0.2, 0) is 4.74 Å². The molecule has 0 aliphatic heterocycles. The summed E-state index contributed by atoms with van der Waals surface area (Å²) in [6, 6.07) is 7.85. The Morgan fingerprint density at radius 3 is 2.65 bits per heavy atom. The molecule has 106 valence electrons. The summed E-state index contributed by atoms with van der Waals surface area (Å²) in [4.78, 5) is 16.0. The van der Waals surface area contributed by atoms with Gasteiger partial charge in [0.05, 0.1) is 0 Å². The predicted octanol–water partition coefficient (Wildman–Crippen LogP) is 3.86. The molecular weight excluding hydrogens is 274 g/mol. The molecule has 1 aromatic heterocycles. The van der Waals surface area contributed by atoms with Crippen LogP contribution in [0.15, 0.2) is 24.3 Å². The predicted molar refractivity (Wildman–Crippen MR) is 79.9 cm³/mol. The van der Waals surface area contributed by atoms with Gasteiger partial charge in [-0.2, -0.15) is 9.36 Å². The second-order valence-corrected chi connectivity index (χ2v) is 6.12. The van der Waals surface area contributed by atoms with Gasteiger partial charge in [-0.25, -0.2) is 4.79 Å². The van der Waals surface area contributed by atoms with E-state index >= 15 is 0 Å². The summed E-state index contributed by atoms with van der Waals surface area (Å²) in [5.74, 6) is 0.610. The number of amides is 1. The number of hydrogen-bond acceptors (Lipinski definition) is 5. The Hall–Kier alpha value is -1.95. The molecule has 0 radical (unpaired) electrons. The molecule has 1 amide bonds. The monoisotopic (exact) mass is 291 g/mol. The fraction of sp³-hybridized carbons (Fsp3) is 0.357. The maximum atomic E-state index is 11.6. The van der Waals surface area contributed by atoms with Crippen LogP contribution in [0.3, 0.4) is 0 Å². The summed E-state index contributed by atoms with van der Waals surface area (Å²) >= 11 is 1.13. The van der Waals surface area contributed by atoms with Crippen molar-refractivity contribution in [3.8, 4) is 11.4 Å². The second kappa shape index (κ2) is 5.58. The number of nitrogens with zero attached hydrogens (tertiary/aromatic N) is 2. The third-order valence-corrected chi connectivity index (χ3v) is 3.05. The zero-order chi connectivity index (χ0) is 14.8. The molecule has 0 saturated heterocycles. The van der Waals surface area contributed by atoms with E-state index in [4.69, 9.17) is 4.74 Å². The fourth-order valence-corrected chi connectivity index (χ4v) is 2.17. The quantitative estimate of drug-likeness (QED) is 0.912. The first-order chi connectivity index (χ1) is 9.35. The van der Waals surface area contributed by atoms with E-state index in [1.165, 1.54) is 0 Å². The van der Waals surface area contributed by atoms with Crippen molar-refractivity contribution in [2.75, 3.05) is 5.32 Å². The highest BCUT2D eigenvalue weighted by molar-refractivity contribution is 7.10. The first-order valence-corrected chi connectivity index (χ1v) is 7.02. The summed E-state index contributed by atoms with van der Waals surface area (Å²) in [7, 11) is 0. The van der Waals surface area contributed by atoms with Gasteiger partial charge in [0.2, 0.25) is 5.13 Å². The number of nitrogens with one attached hydrogen (secondary N) is 1. The van der Waals surface area contributed by atoms with Gasteiger partial charge in [0, 0.05) is 17.1 Å². The Balaban J connectivity index is 2.10. The summed E-state index contributed by atoms with van der Waals surface area (Å²) in [5.41, 5.74) is 1.52. The first-order valence-electron chi connectivity index (χ1n) is 6.25. The Bertz CT molecular complexity index is 617. The molecule has 0 fully saturated rings. The first kappa shape index (κ1) is 14.5. The van der Waals surface area contributed by atoms with Gasteiger partial charge in [0.1, 0.15) is 5.60 Å². The van der Waals surface area contributed by atoms with Crippen molar-refractivity contribution in [2.24, 2.45) is 0 Å². The third-order valence-electron chi connectivity index (χ3n) is 2.42. The Labute approximate surface area is 122 Å². The number of ether oxygens (including phenoxy) is 1. The summed E-state index contributed by atoms with van der Waals surface area (Å²) in [5, 5.41) is 3.02. The van der Waals surface area contributed by atoms with E-state index < -0.39 is 11.7 Å². The number of carbonyl (C=O) groups is 1. The fourth-order valence-electron chi connectivity index (χ4n) is 1.60. The van der Waals surface area contributed by atoms with Crippen LogP contribution in [0.4, 0.5) is 9.93 Å². The molecule has 0 bridgehead atoms. The minimum Gasteiger partial charge on any atom is -0.444 e. The highest BCUT2D eigenvalue weighted by Gasteiger charge is 2.18. The highest BCUT2D eigenvalue weighted by Crippen LogP contribution is 2.24. The maximum absolute atomic E-state index is 11.6. The average Bonchev–Trinajstić information content (AvgIpc) is 2.75. The van der Waals surface area contributed by atoms with Gasteiger partial charge < -0.3 is 4.74 Å². The molecule has 1 N–H and O–H groups in total. The van der Waals surface area contributed by atoms with Crippen molar-refractivity contribution in [1.82, 2.24) is 9.36 Å². The Kier molecular flexibility index (Phi) is 4.04. The molecule has 5 nitrogen and oxygen atoms in total. The molecule has 0 spiro atoms. The minimum atomic E-state index is -0.534. The van der Waals surface area contributed by atoms with Gasteiger partial charge in [-0.15, -0.1) is 0 Å². The number of carbonyl (C=O) groups excluding carboxylic acids is 1. The van der Waals surface area contributed by atoms with Gasteiger partial charge >= 0.3 is 6.09 Å². The number of anilines is 1. The third kappa shape index (κ3) is 3.77. The van der Waals surface area contributed by atoms with Gasteiger partial charge in [0.25, 0.3) is 0 Å². The molecule has 0 aliphatic carbocycles. The molecule has 20 heavy (non-hydrogen) atoms. The summed E-state index contributed by atoms with van der Waals surface area (Å²) in [6.07, 6.45) is -0.523. The van der Waals surface area contributed by atoms with E-state index in [0.717, 1.165) is 22.7 Å². The van der Waals surface area contributed by atoms with Gasteiger partial charge in [-0.1, -0.05) is 24.3 Å². The number of aryl methyl sites for hydroxylation is 1. The zero-order valence-electron chi connectivity index (χ0n) is 11.9. The van der Waals surface area contributed by atoms with Crippen molar-refractivity contribution in [2.45, 2.75) is 33.3 Å². The summed E-state index contributed by atoms with van der Waals surface area (Å²) in [6.45, 7) is 7.43. The van der Waals surface area contributed by atoms with Crippen molar-refractivity contribution in [1.29, 1.82) is 0 Å². The molecule has 0 atom stereocenters. The molecule has 2 aromatic rings. The van der Waals surface area contributed by atoms with Gasteiger partial charge in [0.15, 0.2) is 5.82 Å². The van der Waals surface area contributed by atoms with Crippen molar-refractivity contribution in [3.05, 3.63) is 29.8 Å². The van der Waals surface area contributed by atoms with Crippen LogP contribution in [0.5, 0.6) is 0 Å². The van der Waals surface area contributed by atoms with Gasteiger partial charge in [-0.3, -0.25) is 5.32 Å². The van der Waals surface area contributed by atoms with Crippen molar-refractivity contribution in [3.63, 3.8) is 0 Å². The van der Waals surface area contributed by atoms with Crippen LogP contribution in [-0.4, -0.2) is 21.1 Å². The van der Waals surface area contributed by atoms with Gasteiger partial charge in [-0.05, 0) is 33.3 Å². The van der Waals surface area contributed by atoms with Crippen LogP contribution < -0.4 is 5.32 Å². The second-order valence-electron chi connectivity index (χ2n) is 5.36. The Morgan fingerprint density at radius 2 is 2.00 bits per heavy atom. The molecular formula is C14H17N3O2S. The minimum absolute atomic E-state index is 0.428. The standard InChI is InChI=1S/C14H17N3O2S/c1-9-7-5-6-8-10(9)11-15-12(20-17-11)16-13(18)19-14(2,3)4/h5-8H,1-4H3,(H,15,16,17,18). The van der Waals surface area contributed by atoms with Crippen LogP contribution in [0.2, 0.25) is 0 Å². The van der Waals surface area contributed by atoms with Crippen LogP contribution >= 0.6 is 11.5 Å². The molecule has 6 heteroatoms. The van der Waals surface area contributed by atoms with E-state index in [1.54, 1.807) is 0 Å². The lowest BCUT2D eigenvalue weighted by Crippen LogP contribution is -2.27. The van der Waals surface area contributed by atoms with E-state index in [-0.39, 0.29) is 0 Å². The van der Waals surface area contributed by atoms with E-state index in [1.807, 2.05) is 52.0 Å². The van der Waals surface area contributed by atoms with E-state index in [0.29, 0.717) is 11.0 Å². The number of aromatic nitrogens is 2. The molecule has 2 rings (SSSR count). The zero-order valence-corrected chi connectivity index (χ0v) is 12.7. The molecule has 0 unspecified atom stereocenters.